The molecule has 0 N–H and O–H groups in total. The maximum absolute atomic E-state index is 11.5. The highest BCUT2D eigenvalue weighted by Gasteiger charge is 2.28. The fourth-order valence-electron chi connectivity index (χ4n) is 3.27. The van der Waals surface area contributed by atoms with Crippen LogP contribution in [0.15, 0.2) is 0 Å². The van der Waals surface area contributed by atoms with Gasteiger partial charge in [-0.1, -0.05) is 0 Å². The van der Waals surface area contributed by atoms with Crippen molar-refractivity contribution in [3.63, 3.8) is 0 Å². The van der Waals surface area contributed by atoms with Gasteiger partial charge >= 0.3 is 5.97 Å². The van der Waals surface area contributed by atoms with E-state index in [1.165, 1.54) is 0 Å². The minimum Gasteiger partial charge on any atom is -0.466 e. The molecule has 2 rings (SSSR count). The van der Waals surface area contributed by atoms with Crippen molar-refractivity contribution in [2.24, 2.45) is 5.92 Å². The van der Waals surface area contributed by atoms with Gasteiger partial charge in [0, 0.05) is 25.3 Å². The Morgan fingerprint density at radius 3 is 2.42 bits per heavy atom. The number of hydrogen-bond donors (Lipinski definition) is 0. The van der Waals surface area contributed by atoms with E-state index >= 15 is 0 Å². The average Bonchev–Trinajstić information content (AvgIpc) is 2.41. The Morgan fingerprint density at radius 2 is 1.84 bits per heavy atom. The van der Waals surface area contributed by atoms with Gasteiger partial charge in [0.1, 0.15) is 5.78 Å². The summed E-state index contributed by atoms with van der Waals surface area (Å²) in [5, 5.41) is 0. The zero-order chi connectivity index (χ0) is 13.7. The van der Waals surface area contributed by atoms with Gasteiger partial charge in [-0.2, -0.15) is 0 Å². The van der Waals surface area contributed by atoms with Crippen molar-refractivity contribution in [3.8, 4) is 0 Å². The second kappa shape index (κ2) is 7.04. The molecular weight excluding hydrogens is 242 g/mol. The molecule has 1 aliphatic carbocycles. The van der Waals surface area contributed by atoms with E-state index in [4.69, 9.17) is 4.74 Å². The number of esters is 1. The standard InChI is InChI=1S/C15H25NO3/c1-2-19-15(18)11-12-7-9-16(10-8-12)13-3-5-14(17)6-4-13/h12-13H,2-11H2,1H3. The lowest BCUT2D eigenvalue weighted by Gasteiger charge is -2.38. The summed E-state index contributed by atoms with van der Waals surface area (Å²) in [6, 6.07) is 0.598. The Morgan fingerprint density at radius 1 is 1.21 bits per heavy atom. The van der Waals surface area contributed by atoms with Crippen LogP contribution in [0, 0.1) is 5.92 Å². The number of ketones is 1. The molecule has 0 unspecified atom stereocenters. The maximum atomic E-state index is 11.5. The van der Waals surface area contributed by atoms with Crippen molar-refractivity contribution in [2.45, 2.75) is 57.9 Å². The van der Waals surface area contributed by atoms with Crippen LogP contribution in [0.25, 0.3) is 0 Å². The van der Waals surface area contributed by atoms with Crippen LogP contribution in [0.5, 0.6) is 0 Å². The van der Waals surface area contributed by atoms with Gasteiger partial charge in [0.15, 0.2) is 0 Å². The summed E-state index contributed by atoms with van der Waals surface area (Å²) in [6.07, 6.45) is 6.32. The van der Waals surface area contributed by atoms with E-state index in [2.05, 4.69) is 4.90 Å². The van der Waals surface area contributed by atoms with E-state index in [1.807, 2.05) is 6.92 Å². The molecule has 0 aromatic rings. The van der Waals surface area contributed by atoms with Crippen molar-refractivity contribution >= 4 is 11.8 Å². The number of rotatable bonds is 4. The molecule has 1 saturated heterocycles. The Balaban J connectivity index is 1.70. The first kappa shape index (κ1) is 14.5. The molecule has 0 bridgehead atoms. The molecule has 2 fully saturated rings. The third-order valence-electron chi connectivity index (χ3n) is 4.44. The lowest BCUT2D eigenvalue weighted by Crippen LogP contribution is -2.43. The van der Waals surface area contributed by atoms with Crippen molar-refractivity contribution in [1.82, 2.24) is 4.90 Å². The van der Waals surface area contributed by atoms with Crippen molar-refractivity contribution in [2.75, 3.05) is 19.7 Å². The number of piperidine rings is 1. The number of carbonyl (C=O) groups is 2. The quantitative estimate of drug-likeness (QED) is 0.732. The zero-order valence-corrected chi connectivity index (χ0v) is 11.9. The fraction of sp³-hybridized carbons (Fsp3) is 0.867. The molecule has 4 heteroatoms. The SMILES string of the molecule is CCOC(=O)CC1CCN(C2CCC(=O)CC2)CC1. The van der Waals surface area contributed by atoms with Crippen LogP contribution in [-0.4, -0.2) is 42.4 Å². The van der Waals surface area contributed by atoms with Gasteiger partial charge in [-0.05, 0) is 51.6 Å². The molecule has 0 atom stereocenters. The third-order valence-corrected chi connectivity index (χ3v) is 4.44. The smallest absolute Gasteiger partial charge is 0.306 e. The van der Waals surface area contributed by atoms with E-state index in [1.54, 1.807) is 0 Å². The topological polar surface area (TPSA) is 46.6 Å². The second-order valence-electron chi connectivity index (χ2n) is 5.76. The van der Waals surface area contributed by atoms with Gasteiger partial charge in [0.2, 0.25) is 0 Å². The number of Topliss-reactive ketones (excluding diaryl/α,β-unsaturated/α-hetero) is 1. The van der Waals surface area contributed by atoms with Gasteiger partial charge in [-0.3, -0.25) is 9.59 Å². The first-order valence-corrected chi connectivity index (χ1v) is 7.60. The highest BCUT2D eigenvalue weighted by atomic mass is 16.5. The van der Waals surface area contributed by atoms with E-state index in [-0.39, 0.29) is 5.97 Å². The molecule has 0 amide bonds. The zero-order valence-electron chi connectivity index (χ0n) is 11.9. The minimum absolute atomic E-state index is 0.0517. The molecule has 4 nitrogen and oxygen atoms in total. The molecule has 0 aromatic heterocycles. The summed E-state index contributed by atoms with van der Waals surface area (Å²) in [5.41, 5.74) is 0. The summed E-state index contributed by atoms with van der Waals surface area (Å²) in [7, 11) is 0. The van der Waals surface area contributed by atoms with Crippen LogP contribution in [-0.2, 0) is 14.3 Å². The maximum Gasteiger partial charge on any atom is 0.306 e. The van der Waals surface area contributed by atoms with Gasteiger partial charge in [0.25, 0.3) is 0 Å². The Labute approximate surface area is 115 Å². The molecule has 0 aromatic carbocycles. The summed E-state index contributed by atoms with van der Waals surface area (Å²) in [6.45, 7) is 4.48. The van der Waals surface area contributed by atoms with Gasteiger partial charge in [-0.15, -0.1) is 0 Å². The number of carbonyl (C=O) groups excluding carboxylic acids is 2. The Hall–Kier alpha value is -0.900. The fourth-order valence-corrected chi connectivity index (χ4v) is 3.27. The van der Waals surface area contributed by atoms with Crippen molar-refractivity contribution < 1.29 is 14.3 Å². The van der Waals surface area contributed by atoms with Gasteiger partial charge in [-0.25, -0.2) is 0 Å². The second-order valence-corrected chi connectivity index (χ2v) is 5.76. The first-order chi connectivity index (χ1) is 9.19. The van der Waals surface area contributed by atoms with Crippen LogP contribution in [0.1, 0.15) is 51.9 Å². The van der Waals surface area contributed by atoms with Gasteiger partial charge < -0.3 is 9.64 Å². The van der Waals surface area contributed by atoms with Crippen LogP contribution >= 0.6 is 0 Å². The van der Waals surface area contributed by atoms with E-state index in [0.29, 0.717) is 30.8 Å². The van der Waals surface area contributed by atoms with Crippen molar-refractivity contribution in [3.05, 3.63) is 0 Å². The van der Waals surface area contributed by atoms with Crippen LogP contribution in [0.4, 0.5) is 0 Å². The van der Waals surface area contributed by atoms with Crippen molar-refractivity contribution in [1.29, 1.82) is 0 Å². The Kier molecular flexibility index (Phi) is 5.37. The largest absolute Gasteiger partial charge is 0.466 e. The molecule has 2 aliphatic rings. The number of likely N-dealkylation sites (tertiary alicyclic amines) is 1. The van der Waals surface area contributed by atoms with E-state index < -0.39 is 0 Å². The number of nitrogens with zero attached hydrogens (tertiary/aromatic N) is 1. The average molecular weight is 267 g/mol. The first-order valence-electron chi connectivity index (χ1n) is 7.60. The summed E-state index contributed by atoms with van der Waals surface area (Å²) in [5.74, 6) is 0.859. The summed E-state index contributed by atoms with van der Waals surface area (Å²) < 4.78 is 5.01. The molecule has 108 valence electrons. The molecule has 1 aliphatic heterocycles. The summed E-state index contributed by atoms with van der Waals surface area (Å²) >= 11 is 0. The summed E-state index contributed by atoms with van der Waals surface area (Å²) in [4.78, 5) is 25.2. The molecule has 0 radical (unpaired) electrons. The van der Waals surface area contributed by atoms with E-state index in [0.717, 1.165) is 51.6 Å². The molecule has 19 heavy (non-hydrogen) atoms. The minimum atomic E-state index is -0.0517. The number of ether oxygens (including phenoxy) is 1. The van der Waals surface area contributed by atoms with E-state index in [9.17, 15) is 9.59 Å². The molecule has 1 saturated carbocycles. The lowest BCUT2D eigenvalue weighted by atomic mass is 9.88. The molecule has 0 spiro atoms. The van der Waals surface area contributed by atoms with Crippen LogP contribution in [0.2, 0.25) is 0 Å². The molecular formula is C15H25NO3. The highest BCUT2D eigenvalue weighted by molar-refractivity contribution is 5.79. The number of hydrogen-bond acceptors (Lipinski definition) is 4. The monoisotopic (exact) mass is 267 g/mol. The van der Waals surface area contributed by atoms with Crippen LogP contribution in [0.3, 0.4) is 0 Å². The third kappa shape index (κ3) is 4.30. The predicted octanol–water partition coefficient (Wildman–Crippen LogP) is 2.16. The lowest BCUT2D eigenvalue weighted by molar-refractivity contribution is -0.144. The Bertz CT molecular complexity index is 311. The normalized spacial score (nSPS) is 23.5. The molecule has 1 heterocycles. The van der Waals surface area contributed by atoms with Gasteiger partial charge in [0.05, 0.1) is 6.61 Å². The highest BCUT2D eigenvalue weighted by Crippen LogP contribution is 2.27. The predicted molar refractivity (Wildman–Crippen MR) is 72.8 cm³/mol. The van der Waals surface area contributed by atoms with Crippen LogP contribution < -0.4 is 0 Å².